The molecule has 1 aliphatic rings. The number of nitrogens with one attached hydrogen (secondary N) is 1. The fraction of sp³-hybridized carbons (Fsp3) is 1.00. The van der Waals surface area contributed by atoms with Crippen LogP contribution < -0.4 is 5.32 Å². The normalized spacial score (nSPS) is 26.2. The van der Waals surface area contributed by atoms with Gasteiger partial charge in [-0.05, 0) is 52.5 Å². The Morgan fingerprint density at radius 2 is 1.94 bits per heavy atom. The summed E-state index contributed by atoms with van der Waals surface area (Å²) in [7, 11) is -3.00. The van der Waals surface area contributed by atoms with Gasteiger partial charge in [-0.3, -0.25) is 0 Å². The zero-order valence-corrected chi connectivity index (χ0v) is 13.3. The molecule has 5 heteroatoms. The van der Waals surface area contributed by atoms with Crippen LogP contribution in [0.4, 0.5) is 0 Å². The predicted octanol–water partition coefficient (Wildman–Crippen LogP) is 2.59. The van der Waals surface area contributed by atoms with Crippen molar-refractivity contribution in [3.05, 3.63) is 0 Å². The van der Waals surface area contributed by atoms with Crippen LogP contribution in [0.5, 0.6) is 0 Å². The molecule has 0 amide bonds. The predicted molar refractivity (Wildman–Crippen MR) is 78.0 cm³/mol. The number of alkyl halides is 1. The third kappa shape index (κ3) is 5.06. The Labute approximate surface area is 117 Å². The monoisotopic (exact) mass is 295 g/mol. The van der Waals surface area contributed by atoms with Gasteiger partial charge in [0.25, 0.3) is 0 Å². The molecule has 0 heterocycles. The fourth-order valence-electron chi connectivity index (χ4n) is 2.23. The highest BCUT2D eigenvalue weighted by Crippen LogP contribution is 2.27. The van der Waals surface area contributed by atoms with Gasteiger partial charge in [-0.25, -0.2) is 8.42 Å². The van der Waals surface area contributed by atoms with Gasteiger partial charge < -0.3 is 5.32 Å². The smallest absolute Gasteiger partial charge is 0.156 e. The highest BCUT2D eigenvalue weighted by molar-refractivity contribution is 7.92. The number of sulfone groups is 1. The van der Waals surface area contributed by atoms with E-state index in [9.17, 15) is 8.42 Å². The maximum atomic E-state index is 11.9. The molecule has 0 aromatic heterocycles. The van der Waals surface area contributed by atoms with E-state index < -0.39 is 14.6 Å². The highest BCUT2D eigenvalue weighted by Gasteiger charge is 2.28. The van der Waals surface area contributed by atoms with Crippen molar-refractivity contribution in [3.63, 3.8) is 0 Å². The van der Waals surface area contributed by atoms with Crippen LogP contribution in [0.25, 0.3) is 0 Å². The molecule has 1 rings (SSSR count). The summed E-state index contributed by atoms with van der Waals surface area (Å²) in [5, 5.41) is 3.58. The van der Waals surface area contributed by atoms with E-state index in [0.29, 0.717) is 17.8 Å². The molecule has 18 heavy (non-hydrogen) atoms. The zero-order valence-electron chi connectivity index (χ0n) is 11.7. The molecule has 1 N–H and O–H groups in total. The standard InChI is InChI=1S/C13H26ClNO2S/c1-13(2,3)18(16,17)8-7-15-10-11-5-4-6-12(14)9-11/h11-12,15H,4-10H2,1-3H3. The molecule has 1 saturated carbocycles. The van der Waals surface area contributed by atoms with Gasteiger partial charge in [-0.1, -0.05) is 6.42 Å². The first-order valence-corrected chi connectivity index (χ1v) is 8.88. The molecule has 3 nitrogen and oxygen atoms in total. The van der Waals surface area contributed by atoms with Gasteiger partial charge in [0.2, 0.25) is 0 Å². The average Bonchev–Trinajstić information content (AvgIpc) is 2.23. The lowest BCUT2D eigenvalue weighted by atomic mass is 9.89. The topological polar surface area (TPSA) is 46.2 Å². The summed E-state index contributed by atoms with van der Waals surface area (Å²) in [5.74, 6) is 0.826. The summed E-state index contributed by atoms with van der Waals surface area (Å²) in [6.07, 6.45) is 4.58. The van der Waals surface area contributed by atoms with Gasteiger partial charge in [0.05, 0.1) is 10.5 Å². The summed E-state index contributed by atoms with van der Waals surface area (Å²) in [6.45, 7) is 6.69. The minimum absolute atomic E-state index is 0.216. The first kappa shape index (κ1) is 16.3. The van der Waals surface area contributed by atoms with Gasteiger partial charge in [-0.2, -0.15) is 0 Å². The lowest BCUT2D eigenvalue weighted by Crippen LogP contribution is -2.36. The van der Waals surface area contributed by atoms with E-state index in [1.807, 2.05) is 0 Å². The molecule has 0 aromatic carbocycles. The van der Waals surface area contributed by atoms with Crippen LogP contribution in [0, 0.1) is 5.92 Å². The van der Waals surface area contributed by atoms with E-state index >= 15 is 0 Å². The van der Waals surface area contributed by atoms with Crippen molar-refractivity contribution in [2.24, 2.45) is 5.92 Å². The minimum atomic E-state index is -3.00. The van der Waals surface area contributed by atoms with E-state index in [2.05, 4.69) is 5.32 Å². The van der Waals surface area contributed by atoms with E-state index in [0.717, 1.165) is 19.4 Å². The Morgan fingerprint density at radius 3 is 2.50 bits per heavy atom. The quantitative estimate of drug-likeness (QED) is 0.626. The van der Waals surface area contributed by atoms with Crippen LogP contribution in [0.2, 0.25) is 0 Å². The zero-order chi connectivity index (χ0) is 13.8. The molecular weight excluding hydrogens is 270 g/mol. The molecule has 0 aliphatic heterocycles. The molecule has 2 unspecified atom stereocenters. The maximum absolute atomic E-state index is 11.9. The first-order chi connectivity index (χ1) is 8.22. The van der Waals surface area contributed by atoms with Crippen LogP contribution in [-0.4, -0.2) is 37.4 Å². The Morgan fingerprint density at radius 1 is 1.28 bits per heavy atom. The van der Waals surface area contributed by atoms with Crippen molar-refractivity contribution < 1.29 is 8.42 Å². The van der Waals surface area contributed by atoms with Crippen molar-refractivity contribution >= 4 is 21.4 Å². The molecule has 0 bridgehead atoms. The van der Waals surface area contributed by atoms with Crippen molar-refractivity contribution in [2.45, 2.75) is 56.6 Å². The number of hydrogen-bond donors (Lipinski definition) is 1. The molecule has 1 aliphatic carbocycles. The lowest BCUT2D eigenvalue weighted by molar-refractivity contribution is 0.349. The van der Waals surface area contributed by atoms with Gasteiger partial charge in [0.15, 0.2) is 9.84 Å². The molecular formula is C13H26ClNO2S. The minimum Gasteiger partial charge on any atom is -0.315 e. The van der Waals surface area contributed by atoms with Gasteiger partial charge >= 0.3 is 0 Å². The average molecular weight is 296 g/mol. The molecule has 1 fully saturated rings. The first-order valence-electron chi connectivity index (χ1n) is 6.79. The summed E-state index contributed by atoms with van der Waals surface area (Å²) in [5.41, 5.74) is 0. The number of rotatable bonds is 5. The Kier molecular flexibility index (Phi) is 5.94. The second-order valence-electron chi connectivity index (χ2n) is 6.27. The van der Waals surface area contributed by atoms with Crippen LogP contribution in [-0.2, 0) is 9.84 Å². The van der Waals surface area contributed by atoms with Crippen LogP contribution in [0.1, 0.15) is 46.5 Å². The Hall–Kier alpha value is 0.200. The van der Waals surface area contributed by atoms with Crippen LogP contribution >= 0.6 is 11.6 Å². The van der Waals surface area contributed by atoms with Crippen molar-refractivity contribution in [1.29, 1.82) is 0 Å². The second kappa shape index (κ2) is 6.58. The van der Waals surface area contributed by atoms with E-state index in [4.69, 9.17) is 11.6 Å². The summed E-state index contributed by atoms with van der Waals surface area (Å²) >= 11 is 6.13. The fourth-order valence-corrected chi connectivity index (χ4v) is 3.66. The summed E-state index contributed by atoms with van der Waals surface area (Å²) in [4.78, 5) is 0. The molecule has 2 atom stereocenters. The Balaban J connectivity index is 2.23. The van der Waals surface area contributed by atoms with Crippen LogP contribution in [0.15, 0.2) is 0 Å². The molecule has 0 spiro atoms. The molecule has 0 aromatic rings. The maximum Gasteiger partial charge on any atom is 0.156 e. The van der Waals surface area contributed by atoms with Crippen molar-refractivity contribution in [1.82, 2.24) is 5.32 Å². The van der Waals surface area contributed by atoms with E-state index in [1.54, 1.807) is 20.8 Å². The van der Waals surface area contributed by atoms with Crippen molar-refractivity contribution in [2.75, 3.05) is 18.8 Å². The molecule has 108 valence electrons. The number of hydrogen-bond acceptors (Lipinski definition) is 3. The molecule has 0 saturated heterocycles. The summed E-state index contributed by atoms with van der Waals surface area (Å²) in [6, 6.07) is 0. The van der Waals surface area contributed by atoms with Gasteiger partial charge in [0, 0.05) is 11.9 Å². The van der Waals surface area contributed by atoms with E-state index in [1.165, 1.54) is 12.8 Å². The van der Waals surface area contributed by atoms with Crippen LogP contribution in [0.3, 0.4) is 0 Å². The lowest BCUT2D eigenvalue weighted by Gasteiger charge is -2.26. The second-order valence-corrected chi connectivity index (χ2v) is 9.74. The highest BCUT2D eigenvalue weighted by atomic mass is 35.5. The van der Waals surface area contributed by atoms with Crippen molar-refractivity contribution in [3.8, 4) is 0 Å². The van der Waals surface area contributed by atoms with E-state index in [-0.39, 0.29) is 5.75 Å². The number of halogens is 1. The Bertz CT molecular complexity index is 348. The third-order valence-electron chi connectivity index (χ3n) is 3.63. The largest absolute Gasteiger partial charge is 0.315 e. The van der Waals surface area contributed by atoms with Gasteiger partial charge in [0.1, 0.15) is 0 Å². The third-order valence-corrected chi connectivity index (χ3v) is 6.64. The summed E-state index contributed by atoms with van der Waals surface area (Å²) < 4.78 is 23.1. The molecule has 0 radical (unpaired) electrons. The van der Waals surface area contributed by atoms with Gasteiger partial charge in [-0.15, -0.1) is 11.6 Å². The SMILES string of the molecule is CC(C)(C)S(=O)(=O)CCNCC1CCCC(Cl)C1.